The summed E-state index contributed by atoms with van der Waals surface area (Å²) in [5, 5.41) is 0. The topological polar surface area (TPSA) is 78.8 Å². The smallest absolute Gasteiger partial charge is 0.326 e. The van der Waals surface area contributed by atoms with E-state index in [2.05, 4.69) is 4.98 Å². The largest absolute Gasteiger partial charge is 0.341 e. The molecule has 2 aliphatic rings. The third-order valence-corrected chi connectivity index (χ3v) is 7.92. The first-order valence-corrected chi connectivity index (χ1v) is 11.4. The zero-order chi connectivity index (χ0) is 20.9. The average Bonchev–Trinajstić information content (AvgIpc) is 3.25. The summed E-state index contributed by atoms with van der Waals surface area (Å²) in [6, 6.07) is 14.9. The summed E-state index contributed by atoms with van der Waals surface area (Å²) in [6.07, 6.45) is 2.91. The van der Waals surface area contributed by atoms with E-state index in [0.29, 0.717) is 31.6 Å². The molecule has 1 saturated heterocycles. The molecule has 2 aliphatic heterocycles. The molecule has 0 aliphatic carbocycles. The molecule has 30 heavy (non-hydrogen) atoms. The highest BCUT2D eigenvalue weighted by atomic mass is 32.2. The van der Waals surface area contributed by atoms with Crippen molar-refractivity contribution in [3.8, 4) is 0 Å². The zero-order valence-corrected chi connectivity index (χ0v) is 17.5. The van der Waals surface area contributed by atoms with Gasteiger partial charge in [-0.2, -0.15) is 8.42 Å². The lowest BCUT2D eigenvalue weighted by Crippen LogP contribution is -2.50. The fraction of sp³-hybridized carbons (Fsp3) is 0.333. The Morgan fingerprint density at radius 2 is 1.70 bits per heavy atom. The van der Waals surface area contributed by atoms with Gasteiger partial charge in [-0.1, -0.05) is 24.3 Å². The van der Waals surface area contributed by atoms with E-state index in [1.54, 1.807) is 13.4 Å². The van der Waals surface area contributed by atoms with Crippen LogP contribution in [0.15, 0.2) is 54.9 Å². The Kier molecular flexibility index (Phi) is 4.43. The maximum Gasteiger partial charge on any atom is 0.326 e. The number of imidazole rings is 1. The van der Waals surface area contributed by atoms with Gasteiger partial charge >= 0.3 is 10.2 Å². The van der Waals surface area contributed by atoms with Gasteiger partial charge in [-0.25, -0.2) is 9.29 Å². The van der Waals surface area contributed by atoms with Gasteiger partial charge in [0.2, 0.25) is 5.91 Å². The van der Waals surface area contributed by atoms with Crippen LogP contribution >= 0.6 is 0 Å². The van der Waals surface area contributed by atoms with Crippen LogP contribution in [0.25, 0.3) is 11.0 Å². The summed E-state index contributed by atoms with van der Waals surface area (Å²) in [5.74, 6) is 0.0263. The van der Waals surface area contributed by atoms with Crippen molar-refractivity contribution in [1.82, 2.24) is 14.5 Å². The molecule has 1 aromatic heterocycles. The number of hydrogen-bond donors (Lipinski definition) is 0. The number of hydrogen-bond acceptors (Lipinski definition) is 4. The minimum atomic E-state index is -3.58. The molecule has 2 aromatic carbocycles. The van der Waals surface area contributed by atoms with Crippen molar-refractivity contribution >= 4 is 38.5 Å². The number of fused-ring (bicyclic) bond motifs is 2. The summed E-state index contributed by atoms with van der Waals surface area (Å²) in [4.78, 5) is 19.0. The Bertz CT molecular complexity index is 1210. The van der Waals surface area contributed by atoms with Crippen LogP contribution in [0, 0.1) is 0 Å². The molecule has 3 heterocycles. The first-order chi connectivity index (χ1) is 14.5. The van der Waals surface area contributed by atoms with E-state index in [-0.39, 0.29) is 18.5 Å². The van der Waals surface area contributed by atoms with Gasteiger partial charge < -0.3 is 9.47 Å². The van der Waals surface area contributed by atoms with Gasteiger partial charge in [0.25, 0.3) is 0 Å². The number of benzene rings is 2. The first kappa shape index (κ1) is 18.9. The SMILES string of the molecule is CN1c2ccccc2N(C2CCN(C(=O)Cn3cnc4ccccc43)CC2)S1(=O)=O. The van der Waals surface area contributed by atoms with Crippen molar-refractivity contribution in [2.75, 3.05) is 28.7 Å². The molecule has 9 heteroatoms. The maximum absolute atomic E-state index is 13.0. The summed E-state index contributed by atoms with van der Waals surface area (Å²) in [5.41, 5.74) is 3.22. The van der Waals surface area contributed by atoms with E-state index in [1.165, 1.54) is 8.61 Å². The van der Waals surface area contributed by atoms with Gasteiger partial charge in [-0.15, -0.1) is 0 Å². The van der Waals surface area contributed by atoms with Crippen LogP contribution in [-0.4, -0.2) is 55.0 Å². The molecule has 3 aromatic rings. The van der Waals surface area contributed by atoms with Crippen LogP contribution in [0.5, 0.6) is 0 Å². The molecule has 5 rings (SSSR count). The van der Waals surface area contributed by atoms with E-state index < -0.39 is 10.2 Å². The number of nitrogens with zero attached hydrogens (tertiary/aromatic N) is 5. The predicted octanol–water partition coefficient (Wildman–Crippen LogP) is 2.23. The number of piperidine rings is 1. The number of carbonyl (C=O) groups excluding carboxylic acids is 1. The molecule has 8 nitrogen and oxygen atoms in total. The molecule has 1 fully saturated rings. The van der Waals surface area contributed by atoms with Crippen LogP contribution in [0.4, 0.5) is 11.4 Å². The Hall–Kier alpha value is -3.07. The molecule has 0 spiro atoms. The molecule has 0 N–H and O–H groups in total. The normalized spacial score (nSPS) is 18.8. The number of rotatable bonds is 3. The van der Waals surface area contributed by atoms with Crippen molar-refractivity contribution < 1.29 is 13.2 Å². The van der Waals surface area contributed by atoms with Crippen LogP contribution in [0.3, 0.4) is 0 Å². The summed E-state index contributed by atoms with van der Waals surface area (Å²) in [7, 11) is -1.99. The fourth-order valence-corrected chi connectivity index (χ4v) is 6.07. The number of aromatic nitrogens is 2. The van der Waals surface area contributed by atoms with Gasteiger partial charge in [0.1, 0.15) is 6.54 Å². The van der Waals surface area contributed by atoms with Gasteiger partial charge in [0.15, 0.2) is 0 Å². The van der Waals surface area contributed by atoms with Gasteiger partial charge in [-0.05, 0) is 37.1 Å². The van der Waals surface area contributed by atoms with E-state index in [1.807, 2.05) is 58.0 Å². The number of carbonyl (C=O) groups is 1. The lowest BCUT2D eigenvalue weighted by atomic mass is 10.0. The molecule has 0 saturated carbocycles. The van der Waals surface area contributed by atoms with Crippen molar-refractivity contribution in [3.05, 3.63) is 54.9 Å². The third kappa shape index (κ3) is 2.92. The molecule has 1 amide bonds. The number of para-hydroxylation sites is 4. The van der Waals surface area contributed by atoms with Crippen molar-refractivity contribution in [1.29, 1.82) is 0 Å². The van der Waals surface area contributed by atoms with Crippen LogP contribution in [-0.2, 0) is 21.5 Å². The highest BCUT2D eigenvalue weighted by Crippen LogP contribution is 2.42. The Labute approximate surface area is 175 Å². The van der Waals surface area contributed by atoms with E-state index >= 15 is 0 Å². The maximum atomic E-state index is 13.0. The standard InChI is InChI=1S/C21H23N5O3S/c1-23-19-8-4-5-9-20(19)26(30(23,28)29)16-10-12-24(13-11-16)21(27)14-25-15-22-17-6-2-3-7-18(17)25/h2-9,15-16H,10-14H2,1H3. The summed E-state index contributed by atoms with van der Waals surface area (Å²) in [6.45, 7) is 1.31. The third-order valence-electron chi connectivity index (χ3n) is 6.03. The van der Waals surface area contributed by atoms with Crippen LogP contribution in [0.1, 0.15) is 12.8 Å². The van der Waals surface area contributed by atoms with Gasteiger partial charge in [-0.3, -0.25) is 9.10 Å². The molecule has 0 bridgehead atoms. The Morgan fingerprint density at radius 3 is 2.47 bits per heavy atom. The summed E-state index contributed by atoms with van der Waals surface area (Å²) < 4.78 is 30.7. The number of amides is 1. The quantitative estimate of drug-likeness (QED) is 0.645. The van der Waals surface area contributed by atoms with Crippen molar-refractivity contribution in [2.45, 2.75) is 25.4 Å². The molecule has 0 unspecified atom stereocenters. The molecule has 0 atom stereocenters. The highest BCUT2D eigenvalue weighted by molar-refractivity contribution is 7.94. The lowest BCUT2D eigenvalue weighted by molar-refractivity contribution is -0.132. The minimum absolute atomic E-state index is 0.0263. The second-order valence-electron chi connectivity index (χ2n) is 7.73. The average molecular weight is 426 g/mol. The molecule has 0 radical (unpaired) electrons. The zero-order valence-electron chi connectivity index (χ0n) is 16.7. The van der Waals surface area contributed by atoms with Crippen molar-refractivity contribution in [3.63, 3.8) is 0 Å². The number of anilines is 2. The van der Waals surface area contributed by atoms with E-state index in [4.69, 9.17) is 0 Å². The van der Waals surface area contributed by atoms with E-state index in [9.17, 15) is 13.2 Å². The fourth-order valence-electron chi connectivity index (χ4n) is 4.41. The second kappa shape index (κ2) is 7.02. The minimum Gasteiger partial charge on any atom is -0.341 e. The lowest BCUT2D eigenvalue weighted by Gasteiger charge is -2.36. The molecule has 156 valence electrons. The summed E-state index contributed by atoms with van der Waals surface area (Å²) >= 11 is 0. The van der Waals surface area contributed by atoms with Crippen LogP contribution in [0.2, 0.25) is 0 Å². The number of likely N-dealkylation sites (tertiary alicyclic amines) is 1. The van der Waals surface area contributed by atoms with E-state index in [0.717, 1.165) is 16.7 Å². The van der Waals surface area contributed by atoms with Gasteiger partial charge in [0, 0.05) is 20.1 Å². The molecular weight excluding hydrogens is 402 g/mol. The Balaban J connectivity index is 1.29. The Morgan fingerprint density at radius 1 is 1.03 bits per heavy atom. The van der Waals surface area contributed by atoms with Gasteiger partial charge in [0.05, 0.1) is 34.8 Å². The van der Waals surface area contributed by atoms with Crippen LogP contribution < -0.4 is 8.61 Å². The monoisotopic (exact) mass is 425 g/mol. The predicted molar refractivity (Wildman–Crippen MR) is 116 cm³/mol. The highest BCUT2D eigenvalue weighted by Gasteiger charge is 2.43. The van der Waals surface area contributed by atoms with Crippen molar-refractivity contribution in [2.24, 2.45) is 0 Å². The first-order valence-electron chi connectivity index (χ1n) is 10.0. The molecular formula is C21H23N5O3S. The second-order valence-corrected chi connectivity index (χ2v) is 9.57.